The van der Waals surface area contributed by atoms with Gasteiger partial charge in [0.25, 0.3) is 0 Å². The van der Waals surface area contributed by atoms with E-state index in [2.05, 4.69) is 5.32 Å². The summed E-state index contributed by atoms with van der Waals surface area (Å²) in [6.45, 7) is -0.386. The normalized spacial score (nSPS) is 14.3. The molecule has 218 valence electrons. The minimum atomic E-state index is -3.86. The molecule has 0 unspecified atom stereocenters. The standard InChI is InChI=1S/C31H36ClN3O5S/c1-40-28-14-8-13-27(20-28)35(41(2,38)39)22-30(36)34(21-24-15-17-25(32)18-16-24)29(19-23-9-4-3-5-10-23)31(37)33-26-11-6-7-12-26/h3-5,8-10,13-18,20,26,29H,6-7,11-12,19,21-22H2,1-2H3,(H,33,37)/t29-/m1/s1. The largest absolute Gasteiger partial charge is 0.497 e. The van der Waals surface area contributed by atoms with Crippen molar-refractivity contribution >= 4 is 39.1 Å². The lowest BCUT2D eigenvalue weighted by atomic mass is 10.0. The monoisotopic (exact) mass is 597 g/mol. The minimum Gasteiger partial charge on any atom is -0.497 e. The topological polar surface area (TPSA) is 96.0 Å². The molecule has 0 bridgehead atoms. The summed E-state index contributed by atoms with van der Waals surface area (Å²) in [6, 6.07) is 22.3. The van der Waals surface area contributed by atoms with E-state index in [9.17, 15) is 18.0 Å². The summed E-state index contributed by atoms with van der Waals surface area (Å²) < 4.78 is 32.2. The van der Waals surface area contributed by atoms with Crippen molar-refractivity contribution in [2.75, 3.05) is 24.2 Å². The maximum Gasteiger partial charge on any atom is 0.244 e. The van der Waals surface area contributed by atoms with Gasteiger partial charge in [-0.05, 0) is 48.2 Å². The third-order valence-corrected chi connectivity index (χ3v) is 8.65. The number of carbonyl (C=O) groups excluding carboxylic acids is 2. The van der Waals surface area contributed by atoms with Gasteiger partial charge in [-0.1, -0.05) is 73.0 Å². The summed E-state index contributed by atoms with van der Waals surface area (Å²) in [4.78, 5) is 29.5. The molecule has 3 aromatic rings. The fourth-order valence-electron chi connectivity index (χ4n) is 5.09. The van der Waals surface area contributed by atoms with Gasteiger partial charge in [0, 0.05) is 30.1 Å². The van der Waals surface area contributed by atoms with Gasteiger partial charge in [0.2, 0.25) is 21.8 Å². The molecule has 0 saturated heterocycles. The number of benzene rings is 3. The van der Waals surface area contributed by atoms with Crippen LogP contribution in [0, 0.1) is 0 Å². The number of nitrogens with zero attached hydrogens (tertiary/aromatic N) is 2. The molecule has 41 heavy (non-hydrogen) atoms. The molecule has 3 aromatic carbocycles. The van der Waals surface area contributed by atoms with Crippen LogP contribution < -0.4 is 14.4 Å². The molecule has 0 aliphatic heterocycles. The average molecular weight is 598 g/mol. The first kappa shape index (κ1) is 30.4. The maximum absolute atomic E-state index is 14.2. The third-order valence-electron chi connectivity index (χ3n) is 7.26. The molecule has 0 radical (unpaired) electrons. The summed E-state index contributed by atoms with van der Waals surface area (Å²) in [7, 11) is -2.38. The lowest BCUT2D eigenvalue weighted by Crippen LogP contribution is -2.54. The second kappa shape index (κ2) is 13.9. The van der Waals surface area contributed by atoms with E-state index in [-0.39, 0.29) is 24.9 Å². The van der Waals surface area contributed by atoms with Crippen molar-refractivity contribution < 1.29 is 22.7 Å². The average Bonchev–Trinajstić information content (AvgIpc) is 3.47. The highest BCUT2D eigenvalue weighted by Crippen LogP contribution is 2.25. The number of hydrogen-bond donors (Lipinski definition) is 1. The van der Waals surface area contributed by atoms with E-state index >= 15 is 0 Å². The SMILES string of the molecule is COc1cccc(N(CC(=O)N(Cc2ccc(Cl)cc2)[C@H](Cc2ccccc2)C(=O)NC2CCCC2)S(C)(=O)=O)c1. The molecule has 1 saturated carbocycles. The maximum atomic E-state index is 14.2. The van der Waals surface area contributed by atoms with Gasteiger partial charge in [-0.25, -0.2) is 8.42 Å². The number of nitrogens with one attached hydrogen (secondary N) is 1. The first-order valence-corrected chi connectivity index (χ1v) is 15.9. The molecule has 0 heterocycles. The van der Waals surface area contributed by atoms with Crippen LogP contribution in [0.4, 0.5) is 5.69 Å². The van der Waals surface area contributed by atoms with Crippen molar-refractivity contribution in [3.63, 3.8) is 0 Å². The van der Waals surface area contributed by atoms with Crippen LogP contribution in [0.25, 0.3) is 0 Å². The number of halogens is 1. The third kappa shape index (κ3) is 8.47. The molecule has 4 rings (SSSR count). The van der Waals surface area contributed by atoms with Gasteiger partial charge in [0.1, 0.15) is 18.3 Å². The molecule has 1 aliphatic rings. The number of anilines is 1. The molecule has 2 amide bonds. The van der Waals surface area contributed by atoms with E-state index in [0.29, 0.717) is 16.5 Å². The fourth-order valence-corrected chi connectivity index (χ4v) is 6.05. The van der Waals surface area contributed by atoms with Gasteiger partial charge in [0.05, 0.1) is 19.1 Å². The minimum absolute atomic E-state index is 0.0533. The molecule has 0 spiro atoms. The molecule has 8 nitrogen and oxygen atoms in total. The van der Waals surface area contributed by atoms with E-state index in [1.165, 1.54) is 12.0 Å². The zero-order chi connectivity index (χ0) is 29.4. The van der Waals surface area contributed by atoms with E-state index in [1.807, 2.05) is 30.3 Å². The summed E-state index contributed by atoms with van der Waals surface area (Å²) in [5.41, 5.74) is 1.95. The Morgan fingerprint density at radius 1 is 0.976 bits per heavy atom. The summed E-state index contributed by atoms with van der Waals surface area (Å²) in [5.74, 6) is -0.300. The van der Waals surface area contributed by atoms with Crippen molar-refractivity contribution in [1.29, 1.82) is 0 Å². The summed E-state index contributed by atoms with van der Waals surface area (Å²) in [6.07, 6.45) is 5.21. The second-order valence-corrected chi connectivity index (χ2v) is 12.7. The Morgan fingerprint density at radius 3 is 2.29 bits per heavy atom. The Kier molecular flexibility index (Phi) is 10.3. The number of amides is 2. The highest BCUT2D eigenvalue weighted by Gasteiger charge is 2.34. The Balaban J connectivity index is 1.72. The smallest absolute Gasteiger partial charge is 0.244 e. The predicted octanol–water partition coefficient (Wildman–Crippen LogP) is 4.81. The second-order valence-electron chi connectivity index (χ2n) is 10.3. The van der Waals surface area contributed by atoms with Crippen molar-refractivity contribution in [2.45, 2.75) is 50.7 Å². The van der Waals surface area contributed by atoms with Crippen molar-refractivity contribution in [1.82, 2.24) is 10.2 Å². The van der Waals surface area contributed by atoms with Crippen LogP contribution in [0.3, 0.4) is 0 Å². The highest BCUT2D eigenvalue weighted by molar-refractivity contribution is 7.92. The molecule has 1 fully saturated rings. The first-order chi connectivity index (χ1) is 19.6. The number of ether oxygens (including phenoxy) is 1. The van der Waals surface area contributed by atoms with Crippen molar-refractivity contribution in [3.05, 3.63) is 95.0 Å². The Labute approximate surface area is 247 Å². The highest BCUT2D eigenvalue weighted by atomic mass is 35.5. The van der Waals surface area contributed by atoms with Gasteiger partial charge in [-0.2, -0.15) is 0 Å². The van der Waals surface area contributed by atoms with Crippen molar-refractivity contribution in [2.24, 2.45) is 0 Å². The number of sulfonamides is 1. The van der Waals surface area contributed by atoms with Crippen LogP contribution in [0.2, 0.25) is 5.02 Å². The molecule has 1 N–H and O–H groups in total. The lowest BCUT2D eigenvalue weighted by molar-refractivity contribution is -0.140. The van der Waals surface area contributed by atoms with Gasteiger partial charge in [-0.15, -0.1) is 0 Å². The van der Waals surface area contributed by atoms with Crippen LogP contribution >= 0.6 is 11.6 Å². The predicted molar refractivity (Wildman–Crippen MR) is 162 cm³/mol. The summed E-state index contributed by atoms with van der Waals surface area (Å²) in [5, 5.41) is 3.71. The number of methoxy groups -OCH3 is 1. The van der Waals surface area contributed by atoms with E-state index in [1.54, 1.807) is 48.5 Å². The van der Waals surface area contributed by atoms with Gasteiger partial charge < -0.3 is 15.0 Å². The zero-order valence-electron chi connectivity index (χ0n) is 23.3. The quantitative estimate of drug-likeness (QED) is 0.323. The molecule has 1 atom stereocenters. The van der Waals surface area contributed by atoms with E-state index in [4.69, 9.17) is 16.3 Å². The molecule has 10 heteroatoms. The van der Waals surface area contributed by atoms with Crippen LogP contribution in [-0.4, -0.2) is 57.1 Å². The Hall–Kier alpha value is -3.56. The molecular formula is C31H36ClN3O5S. The number of rotatable bonds is 12. The Bertz CT molecular complexity index is 1430. The molecule has 1 aliphatic carbocycles. The number of carbonyl (C=O) groups is 2. The van der Waals surface area contributed by atoms with E-state index < -0.39 is 28.5 Å². The van der Waals surface area contributed by atoms with Crippen LogP contribution in [0.15, 0.2) is 78.9 Å². The van der Waals surface area contributed by atoms with Gasteiger partial charge in [0.15, 0.2) is 0 Å². The van der Waals surface area contributed by atoms with Crippen LogP contribution in [0.5, 0.6) is 5.75 Å². The van der Waals surface area contributed by atoms with Crippen molar-refractivity contribution in [3.8, 4) is 5.75 Å². The fraction of sp³-hybridized carbons (Fsp3) is 0.355. The number of hydrogen-bond acceptors (Lipinski definition) is 5. The lowest BCUT2D eigenvalue weighted by Gasteiger charge is -2.34. The zero-order valence-corrected chi connectivity index (χ0v) is 24.9. The Morgan fingerprint density at radius 2 is 1.66 bits per heavy atom. The van der Waals surface area contributed by atoms with Gasteiger partial charge >= 0.3 is 0 Å². The van der Waals surface area contributed by atoms with Crippen LogP contribution in [-0.2, 0) is 32.6 Å². The first-order valence-electron chi connectivity index (χ1n) is 13.6. The molecular weight excluding hydrogens is 562 g/mol. The molecule has 0 aromatic heterocycles. The summed E-state index contributed by atoms with van der Waals surface area (Å²) >= 11 is 6.11. The van der Waals surface area contributed by atoms with Gasteiger partial charge in [-0.3, -0.25) is 13.9 Å². The van der Waals surface area contributed by atoms with E-state index in [0.717, 1.165) is 47.4 Å². The van der Waals surface area contributed by atoms with Crippen LogP contribution in [0.1, 0.15) is 36.8 Å².